The quantitative estimate of drug-likeness (QED) is 0.781. The molecule has 112 valence electrons. The summed E-state index contributed by atoms with van der Waals surface area (Å²) in [5.41, 5.74) is 1.29. The van der Waals surface area contributed by atoms with E-state index in [1.54, 1.807) is 10.8 Å². The van der Waals surface area contributed by atoms with Gasteiger partial charge in [-0.3, -0.25) is 9.36 Å². The predicted molar refractivity (Wildman–Crippen MR) is 84.8 cm³/mol. The van der Waals surface area contributed by atoms with Gasteiger partial charge in [-0.25, -0.2) is 4.98 Å². The molecule has 1 fully saturated rings. The van der Waals surface area contributed by atoms with E-state index in [1.165, 1.54) is 0 Å². The highest BCUT2D eigenvalue weighted by atomic mass is 79.9. The van der Waals surface area contributed by atoms with Crippen molar-refractivity contribution in [3.63, 3.8) is 0 Å². The Balaban J connectivity index is 2.25. The van der Waals surface area contributed by atoms with Crippen LogP contribution in [-0.2, 0) is 0 Å². The molecule has 3 rings (SSSR count). The number of halogens is 2. The van der Waals surface area contributed by atoms with Crippen LogP contribution in [0.15, 0.2) is 15.5 Å². The van der Waals surface area contributed by atoms with Gasteiger partial charge in [0.2, 0.25) is 5.28 Å². The van der Waals surface area contributed by atoms with Gasteiger partial charge in [-0.1, -0.05) is 0 Å². The number of pyridine rings is 1. The summed E-state index contributed by atoms with van der Waals surface area (Å²) >= 11 is 9.28. The van der Waals surface area contributed by atoms with Crippen LogP contribution in [-0.4, -0.2) is 25.7 Å². The molecule has 21 heavy (non-hydrogen) atoms. The number of rotatable bonds is 1. The molecule has 1 saturated carbocycles. The van der Waals surface area contributed by atoms with Crippen molar-refractivity contribution >= 4 is 38.6 Å². The third-order valence-electron chi connectivity index (χ3n) is 4.14. The van der Waals surface area contributed by atoms with Crippen LogP contribution in [0.3, 0.4) is 0 Å². The fourth-order valence-corrected chi connectivity index (χ4v) is 3.47. The number of hydrogen-bond acceptors (Lipinski definition) is 4. The van der Waals surface area contributed by atoms with Crippen molar-refractivity contribution in [3.8, 4) is 0 Å². The van der Waals surface area contributed by atoms with E-state index in [0.717, 1.165) is 23.8 Å². The van der Waals surface area contributed by atoms with Crippen molar-refractivity contribution in [3.05, 3.63) is 31.9 Å². The summed E-state index contributed by atoms with van der Waals surface area (Å²) < 4.78 is 2.23. The fourth-order valence-electron chi connectivity index (χ4n) is 2.94. The van der Waals surface area contributed by atoms with Crippen LogP contribution in [0.1, 0.15) is 37.3 Å². The highest BCUT2D eigenvalue weighted by Gasteiger charge is 2.25. The molecule has 2 aromatic rings. The van der Waals surface area contributed by atoms with Crippen molar-refractivity contribution in [1.82, 2.24) is 14.5 Å². The van der Waals surface area contributed by atoms with Crippen molar-refractivity contribution in [2.75, 3.05) is 0 Å². The van der Waals surface area contributed by atoms with E-state index in [9.17, 15) is 9.90 Å². The zero-order valence-electron chi connectivity index (χ0n) is 11.5. The first-order valence-electron chi connectivity index (χ1n) is 6.90. The van der Waals surface area contributed by atoms with Gasteiger partial charge in [-0.15, -0.1) is 0 Å². The second kappa shape index (κ2) is 5.66. The van der Waals surface area contributed by atoms with Crippen molar-refractivity contribution < 1.29 is 5.11 Å². The van der Waals surface area contributed by atoms with E-state index < -0.39 is 0 Å². The van der Waals surface area contributed by atoms with Gasteiger partial charge in [0.1, 0.15) is 5.65 Å². The van der Waals surface area contributed by atoms with Gasteiger partial charge in [0.15, 0.2) is 0 Å². The Labute approximate surface area is 135 Å². The van der Waals surface area contributed by atoms with Gasteiger partial charge < -0.3 is 5.11 Å². The van der Waals surface area contributed by atoms with Gasteiger partial charge >= 0.3 is 0 Å². The molecular formula is C14H15BrClN3O2. The standard InChI is InChI=1S/C14H15BrClN3O2/c1-7-10-6-17-14(16)18-12(10)19(13(21)11(7)15)8-2-4-9(20)5-3-8/h6,8-9,20H,2-5H2,1H3. The third kappa shape index (κ3) is 2.60. The maximum atomic E-state index is 12.6. The molecule has 5 nitrogen and oxygen atoms in total. The number of fused-ring (bicyclic) bond motifs is 1. The average Bonchev–Trinajstić information content (AvgIpc) is 2.47. The number of aliphatic hydroxyl groups excluding tert-OH is 1. The first kappa shape index (κ1) is 14.9. The SMILES string of the molecule is Cc1c(Br)c(=O)n(C2CCC(O)CC2)c2nc(Cl)ncc12. The summed E-state index contributed by atoms with van der Waals surface area (Å²) in [5, 5.41) is 10.6. The van der Waals surface area contributed by atoms with E-state index in [2.05, 4.69) is 25.9 Å². The van der Waals surface area contributed by atoms with Gasteiger partial charge in [-0.2, -0.15) is 4.98 Å². The van der Waals surface area contributed by atoms with Crippen LogP contribution in [0.5, 0.6) is 0 Å². The molecule has 2 aromatic heterocycles. The summed E-state index contributed by atoms with van der Waals surface area (Å²) in [6.45, 7) is 1.86. The minimum absolute atomic E-state index is 0.0336. The molecule has 0 aliphatic heterocycles. The number of aromatic nitrogens is 3. The van der Waals surface area contributed by atoms with Crippen LogP contribution < -0.4 is 5.56 Å². The molecule has 0 bridgehead atoms. The Morgan fingerprint density at radius 1 is 1.38 bits per heavy atom. The molecule has 7 heteroatoms. The molecule has 0 radical (unpaired) electrons. The number of aliphatic hydroxyl groups is 1. The zero-order valence-corrected chi connectivity index (χ0v) is 13.9. The smallest absolute Gasteiger partial charge is 0.267 e. The summed E-state index contributed by atoms with van der Waals surface area (Å²) in [7, 11) is 0. The lowest BCUT2D eigenvalue weighted by Gasteiger charge is -2.28. The number of aryl methyl sites for hydroxylation is 1. The Kier molecular flexibility index (Phi) is 4.03. The minimum Gasteiger partial charge on any atom is -0.393 e. The molecule has 1 N–H and O–H groups in total. The van der Waals surface area contributed by atoms with E-state index >= 15 is 0 Å². The third-order valence-corrected chi connectivity index (χ3v) is 5.25. The zero-order chi connectivity index (χ0) is 15.1. The molecule has 1 aliphatic carbocycles. The molecule has 0 aromatic carbocycles. The first-order valence-corrected chi connectivity index (χ1v) is 8.07. The van der Waals surface area contributed by atoms with Crippen LogP contribution in [0.2, 0.25) is 5.28 Å². The van der Waals surface area contributed by atoms with E-state index in [-0.39, 0.29) is 23.0 Å². The monoisotopic (exact) mass is 371 g/mol. The second-order valence-electron chi connectivity index (χ2n) is 5.45. The van der Waals surface area contributed by atoms with Gasteiger partial charge in [0.25, 0.3) is 5.56 Å². The first-order chi connectivity index (χ1) is 9.99. The van der Waals surface area contributed by atoms with E-state index in [0.29, 0.717) is 23.0 Å². The molecule has 1 aliphatic rings. The Morgan fingerprint density at radius 2 is 2.05 bits per heavy atom. The largest absolute Gasteiger partial charge is 0.393 e. The lowest BCUT2D eigenvalue weighted by atomic mass is 9.92. The van der Waals surface area contributed by atoms with Gasteiger partial charge in [0.05, 0.1) is 10.6 Å². The van der Waals surface area contributed by atoms with Crippen LogP contribution in [0.25, 0.3) is 11.0 Å². The molecule has 0 unspecified atom stereocenters. The predicted octanol–water partition coefficient (Wildman–Crippen LogP) is 2.99. The summed E-state index contributed by atoms with van der Waals surface area (Å²) in [4.78, 5) is 20.9. The molecule has 0 saturated heterocycles. The van der Waals surface area contributed by atoms with Crippen LogP contribution in [0, 0.1) is 6.92 Å². The number of nitrogens with zero attached hydrogens (tertiary/aromatic N) is 3. The molecular weight excluding hydrogens is 358 g/mol. The Hall–Kier alpha value is -0.980. The molecule has 2 heterocycles. The van der Waals surface area contributed by atoms with E-state index in [4.69, 9.17) is 11.6 Å². The minimum atomic E-state index is -0.268. The Bertz CT molecular complexity index is 754. The van der Waals surface area contributed by atoms with Crippen LogP contribution >= 0.6 is 27.5 Å². The fraction of sp³-hybridized carbons (Fsp3) is 0.500. The second-order valence-corrected chi connectivity index (χ2v) is 6.58. The summed E-state index contributed by atoms with van der Waals surface area (Å²) in [6, 6.07) is 0.0336. The summed E-state index contributed by atoms with van der Waals surface area (Å²) in [6.07, 6.45) is 4.29. The van der Waals surface area contributed by atoms with Crippen molar-refractivity contribution in [2.45, 2.75) is 44.8 Å². The highest BCUT2D eigenvalue weighted by molar-refractivity contribution is 9.10. The van der Waals surface area contributed by atoms with E-state index in [1.807, 2.05) is 6.92 Å². The van der Waals surface area contributed by atoms with Gasteiger partial charge in [-0.05, 0) is 65.7 Å². The lowest BCUT2D eigenvalue weighted by Crippen LogP contribution is -2.31. The average molecular weight is 373 g/mol. The molecule has 0 amide bonds. The van der Waals surface area contributed by atoms with Crippen molar-refractivity contribution in [2.24, 2.45) is 0 Å². The van der Waals surface area contributed by atoms with Gasteiger partial charge in [0, 0.05) is 17.6 Å². The normalized spacial score (nSPS) is 22.7. The molecule has 0 atom stereocenters. The molecule has 0 spiro atoms. The topological polar surface area (TPSA) is 68.0 Å². The van der Waals surface area contributed by atoms with Crippen LogP contribution in [0.4, 0.5) is 0 Å². The van der Waals surface area contributed by atoms with Crippen molar-refractivity contribution in [1.29, 1.82) is 0 Å². The summed E-state index contributed by atoms with van der Waals surface area (Å²) in [5.74, 6) is 0. The number of hydrogen-bond donors (Lipinski definition) is 1. The highest BCUT2D eigenvalue weighted by Crippen LogP contribution is 2.31. The maximum absolute atomic E-state index is 12.6. The maximum Gasteiger partial charge on any atom is 0.267 e. The lowest BCUT2D eigenvalue weighted by molar-refractivity contribution is 0.110. The Morgan fingerprint density at radius 3 is 2.71 bits per heavy atom.